The minimum atomic E-state index is -1.01. The molecule has 2 rings (SSSR count). The minimum absolute atomic E-state index is 0.132. The van der Waals surface area contributed by atoms with E-state index in [-0.39, 0.29) is 18.6 Å². The predicted octanol–water partition coefficient (Wildman–Crippen LogP) is 4.16. The van der Waals surface area contributed by atoms with Crippen molar-refractivity contribution in [3.8, 4) is 11.5 Å². The summed E-state index contributed by atoms with van der Waals surface area (Å²) in [6.07, 6.45) is 3.63. The van der Waals surface area contributed by atoms with Crippen molar-refractivity contribution in [2.75, 3.05) is 7.11 Å². The number of carboxylic acid groups (broad SMARTS) is 2. The molecule has 0 aliphatic carbocycles. The summed E-state index contributed by atoms with van der Waals surface area (Å²) in [4.78, 5) is 21.8. The summed E-state index contributed by atoms with van der Waals surface area (Å²) in [5.41, 5.74) is 1.89. The first-order chi connectivity index (χ1) is 13.0. The number of ether oxygens (including phenoxy) is 2. The van der Waals surface area contributed by atoms with Gasteiger partial charge in [-0.1, -0.05) is 18.6 Å². The van der Waals surface area contributed by atoms with Crippen LogP contribution in [0.2, 0.25) is 0 Å². The van der Waals surface area contributed by atoms with Crippen LogP contribution in [0.15, 0.2) is 42.5 Å². The molecule has 27 heavy (non-hydrogen) atoms. The van der Waals surface area contributed by atoms with Crippen LogP contribution < -0.4 is 9.47 Å². The normalized spacial score (nSPS) is 10.4. The molecule has 2 N–H and O–H groups in total. The van der Waals surface area contributed by atoms with Gasteiger partial charge in [0.25, 0.3) is 0 Å². The molecule has 0 aromatic heterocycles. The zero-order valence-corrected chi connectivity index (χ0v) is 15.3. The van der Waals surface area contributed by atoms with Crippen LogP contribution in [0.3, 0.4) is 0 Å². The molecule has 0 saturated heterocycles. The Hall–Kier alpha value is -3.02. The number of aliphatic carboxylic acids is 1. The molecule has 0 spiro atoms. The zero-order valence-electron chi connectivity index (χ0n) is 15.3. The topological polar surface area (TPSA) is 93.1 Å². The first kappa shape index (κ1) is 20.3. The van der Waals surface area contributed by atoms with Gasteiger partial charge in [0.05, 0.1) is 12.7 Å². The van der Waals surface area contributed by atoms with Crippen LogP contribution in [0, 0.1) is 0 Å². The fourth-order valence-electron chi connectivity index (χ4n) is 2.72. The summed E-state index contributed by atoms with van der Waals surface area (Å²) in [7, 11) is 1.53. The van der Waals surface area contributed by atoms with E-state index < -0.39 is 11.9 Å². The largest absolute Gasteiger partial charge is 0.497 e. The van der Waals surface area contributed by atoms with Crippen molar-refractivity contribution in [1.29, 1.82) is 0 Å². The minimum Gasteiger partial charge on any atom is -0.497 e. The Kier molecular flexibility index (Phi) is 7.67. The Morgan fingerprint density at radius 3 is 2.26 bits per heavy atom. The molecule has 0 radical (unpaired) electrons. The second kappa shape index (κ2) is 10.2. The molecule has 2 aromatic rings. The summed E-state index contributed by atoms with van der Waals surface area (Å²) in [5, 5.41) is 17.9. The van der Waals surface area contributed by atoms with E-state index in [2.05, 4.69) is 0 Å². The van der Waals surface area contributed by atoms with E-state index in [4.69, 9.17) is 14.6 Å². The van der Waals surface area contributed by atoms with Gasteiger partial charge < -0.3 is 19.7 Å². The van der Waals surface area contributed by atoms with E-state index in [9.17, 15) is 14.7 Å². The van der Waals surface area contributed by atoms with E-state index in [1.165, 1.54) is 13.2 Å². The summed E-state index contributed by atoms with van der Waals surface area (Å²) < 4.78 is 10.9. The van der Waals surface area contributed by atoms with Crippen LogP contribution >= 0.6 is 0 Å². The highest BCUT2D eigenvalue weighted by molar-refractivity contribution is 5.89. The van der Waals surface area contributed by atoms with Crippen LogP contribution in [0.25, 0.3) is 0 Å². The van der Waals surface area contributed by atoms with E-state index in [0.717, 1.165) is 24.8 Å². The summed E-state index contributed by atoms with van der Waals surface area (Å²) in [6, 6.07) is 12.4. The molecule has 0 bridgehead atoms. The van der Waals surface area contributed by atoms with Crippen LogP contribution in [-0.2, 0) is 17.8 Å². The number of rotatable bonds is 11. The smallest absolute Gasteiger partial charge is 0.336 e. The van der Waals surface area contributed by atoms with Crippen molar-refractivity contribution in [3.63, 3.8) is 0 Å². The third-order valence-corrected chi connectivity index (χ3v) is 4.22. The highest BCUT2D eigenvalue weighted by atomic mass is 16.5. The molecular weight excluding hydrogens is 348 g/mol. The van der Waals surface area contributed by atoms with Gasteiger partial charge >= 0.3 is 11.9 Å². The lowest BCUT2D eigenvalue weighted by atomic mass is 10.1. The second-order valence-electron chi connectivity index (χ2n) is 6.22. The van der Waals surface area contributed by atoms with Gasteiger partial charge in [-0.3, -0.25) is 4.79 Å². The molecular formula is C21H24O6. The number of hydrogen-bond acceptors (Lipinski definition) is 4. The zero-order chi connectivity index (χ0) is 19.6. The molecule has 6 heteroatoms. The Balaban J connectivity index is 1.88. The molecule has 0 aliphatic heterocycles. The summed E-state index contributed by atoms with van der Waals surface area (Å²) >= 11 is 0. The molecule has 0 heterocycles. The standard InChI is InChI=1S/C21H24O6/c1-26-18-11-12-19(21(24)25)16(13-18)14-27-17-9-7-15(8-10-17)5-3-2-4-6-20(22)23/h7-13H,2-6,14H2,1H3,(H,22,23)(H,24,25). The van der Waals surface area contributed by atoms with Crippen molar-refractivity contribution >= 4 is 11.9 Å². The molecule has 0 atom stereocenters. The lowest BCUT2D eigenvalue weighted by molar-refractivity contribution is -0.137. The highest BCUT2D eigenvalue weighted by Gasteiger charge is 2.12. The number of methoxy groups -OCH3 is 1. The Labute approximate surface area is 158 Å². The van der Waals surface area contributed by atoms with Gasteiger partial charge in [-0.25, -0.2) is 4.79 Å². The van der Waals surface area contributed by atoms with Crippen molar-refractivity contribution < 1.29 is 29.3 Å². The number of hydrogen-bond donors (Lipinski definition) is 2. The number of aryl methyl sites for hydroxylation is 1. The molecule has 0 amide bonds. The highest BCUT2D eigenvalue weighted by Crippen LogP contribution is 2.21. The molecule has 0 fully saturated rings. The summed E-state index contributed by atoms with van der Waals surface area (Å²) in [5.74, 6) is -0.520. The molecule has 2 aromatic carbocycles. The van der Waals surface area contributed by atoms with Gasteiger partial charge in [-0.15, -0.1) is 0 Å². The SMILES string of the molecule is COc1ccc(C(=O)O)c(COc2ccc(CCCCCC(=O)O)cc2)c1. The average Bonchev–Trinajstić information content (AvgIpc) is 2.66. The summed E-state index contributed by atoms with van der Waals surface area (Å²) in [6.45, 7) is 0.132. The first-order valence-electron chi connectivity index (χ1n) is 8.83. The third-order valence-electron chi connectivity index (χ3n) is 4.22. The first-order valence-corrected chi connectivity index (χ1v) is 8.83. The maximum Gasteiger partial charge on any atom is 0.336 e. The van der Waals surface area contributed by atoms with Crippen LogP contribution in [0.4, 0.5) is 0 Å². The second-order valence-corrected chi connectivity index (χ2v) is 6.22. The molecule has 0 unspecified atom stereocenters. The lowest BCUT2D eigenvalue weighted by Crippen LogP contribution is -2.06. The number of carboxylic acids is 2. The van der Waals surface area contributed by atoms with Crippen molar-refractivity contribution in [2.24, 2.45) is 0 Å². The van der Waals surface area contributed by atoms with Gasteiger partial charge in [0.2, 0.25) is 0 Å². The van der Waals surface area contributed by atoms with Crippen molar-refractivity contribution in [2.45, 2.75) is 38.7 Å². The van der Waals surface area contributed by atoms with Gasteiger partial charge in [-0.05, 0) is 55.2 Å². The van der Waals surface area contributed by atoms with Gasteiger partial charge in [-0.2, -0.15) is 0 Å². The fraction of sp³-hybridized carbons (Fsp3) is 0.333. The van der Waals surface area contributed by atoms with Gasteiger partial charge in [0, 0.05) is 12.0 Å². The Morgan fingerprint density at radius 1 is 0.926 bits per heavy atom. The maximum absolute atomic E-state index is 11.3. The number of aromatic carboxylic acids is 1. The van der Waals surface area contributed by atoms with Gasteiger partial charge in [0.15, 0.2) is 0 Å². The van der Waals surface area contributed by atoms with Crippen LogP contribution in [-0.4, -0.2) is 29.3 Å². The monoisotopic (exact) mass is 372 g/mol. The van der Waals surface area contributed by atoms with E-state index >= 15 is 0 Å². The molecule has 144 valence electrons. The van der Waals surface area contributed by atoms with E-state index in [0.29, 0.717) is 23.5 Å². The van der Waals surface area contributed by atoms with Gasteiger partial charge in [0.1, 0.15) is 18.1 Å². The Morgan fingerprint density at radius 2 is 1.63 bits per heavy atom. The van der Waals surface area contributed by atoms with Crippen LogP contribution in [0.1, 0.15) is 47.2 Å². The quantitative estimate of drug-likeness (QED) is 0.575. The van der Waals surface area contributed by atoms with Crippen LogP contribution in [0.5, 0.6) is 11.5 Å². The third kappa shape index (κ3) is 6.66. The number of carbonyl (C=O) groups is 2. The predicted molar refractivity (Wildman–Crippen MR) is 101 cm³/mol. The molecule has 0 saturated carbocycles. The Bertz CT molecular complexity index is 767. The molecule has 0 aliphatic rings. The number of benzene rings is 2. The van der Waals surface area contributed by atoms with Crippen molar-refractivity contribution in [1.82, 2.24) is 0 Å². The van der Waals surface area contributed by atoms with E-state index in [1.54, 1.807) is 12.1 Å². The number of unbranched alkanes of at least 4 members (excludes halogenated alkanes) is 2. The maximum atomic E-state index is 11.3. The fourth-order valence-corrected chi connectivity index (χ4v) is 2.72. The van der Waals surface area contributed by atoms with Crippen molar-refractivity contribution in [3.05, 3.63) is 59.2 Å². The lowest BCUT2D eigenvalue weighted by Gasteiger charge is -2.11. The molecule has 6 nitrogen and oxygen atoms in total. The average molecular weight is 372 g/mol. The van der Waals surface area contributed by atoms with E-state index in [1.807, 2.05) is 24.3 Å².